The summed E-state index contributed by atoms with van der Waals surface area (Å²) < 4.78 is 11.3. The molecule has 0 aromatic rings. The van der Waals surface area contributed by atoms with Gasteiger partial charge in [-0.2, -0.15) is 0 Å². The van der Waals surface area contributed by atoms with E-state index >= 15 is 0 Å². The summed E-state index contributed by atoms with van der Waals surface area (Å²) in [6.07, 6.45) is 1.47. The molecule has 3 saturated heterocycles. The number of nitrogens with one attached hydrogen (secondary N) is 1. The van der Waals surface area contributed by atoms with Crippen molar-refractivity contribution in [3.05, 3.63) is 0 Å². The predicted octanol–water partition coefficient (Wildman–Crippen LogP) is -0.369. The summed E-state index contributed by atoms with van der Waals surface area (Å²) in [4.78, 5) is 25.9. The molecule has 0 spiro atoms. The number of ether oxygens (including phenoxy) is 2. The van der Waals surface area contributed by atoms with Gasteiger partial charge >= 0.3 is 0 Å². The van der Waals surface area contributed by atoms with Gasteiger partial charge in [-0.15, -0.1) is 0 Å². The summed E-state index contributed by atoms with van der Waals surface area (Å²) in [5, 5.41) is 2.64. The molecule has 0 aromatic carbocycles. The molecular weight excluding hydrogens is 272 g/mol. The van der Waals surface area contributed by atoms with Crippen molar-refractivity contribution in [2.24, 2.45) is 23.7 Å². The normalized spacial score (nSPS) is 43.6. The minimum atomic E-state index is 0.0194. The topological polar surface area (TPSA) is 67.9 Å². The van der Waals surface area contributed by atoms with Crippen molar-refractivity contribution < 1.29 is 19.1 Å². The van der Waals surface area contributed by atoms with E-state index in [1.807, 2.05) is 4.90 Å². The standard InChI is InChI=1S/C15H22N2O4/c1-16-13(18)3-9-2-8-4-17(5-12(8)21-9)15(19)14-10-6-20-7-11(10)14/h8-12,14H,2-7H2,1H3,(H,16,18)/t8-,9-,10-,11+,12+,14?/m0/s1. The first-order chi connectivity index (χ1) is 10.2. The Hall–Kier alpha value is -1.14. The van der Waals surface area contributed by atoms with Gasteiger partial charge in [0.05, 0.1) is 31.8 Å². The first-order valence-electron chi connectivity index (χ1n) is 7.90. The van der Waals surface area contributed by atoms with Crippen LogP contribution in [0.1, 0.15) is 12.8 Å². The Morgan fingerprint density at radius 3 is 2.67 bits per heavy atom. The SMILES string of the molecule is CNC(=O)C[C@@H]1C[C@H]2CN(C(=O)C3[C@H]4COC[C@@H]34)C[C@H]2O1. The average Bonchev–Trinajstić information content (AvgIpc) is 2.86. The van der Waals surface area contributed by atoms with Gasteiger partial charge in [0.1, 0.15) is 0 Å². The lowest BCUT2D eigenvalue weighted by Crippen LogP contribution is -2.34. The van der Waals surface area contributed by atoms with Crippen LogP contribution in [0, 0.1) is 23.7 Å². The fourth-order valence-electron chi connectivity index (χ4n) is 4.30. The van der Waals surface area contributed by atoms with Crippen LogP contribution in [0.3, 0.4) is 0 Å². The van der Waals surface area contributed by atoms with Gasteiger partial charge in [0.25, 0.3) is 0 Å². The number of hydrogen-bond donors (Lipinski definition) is 1. The second-order valence-electron chi connectivity index (χ2n) is 6.80. The maximum absolute atomic E-state index is 12.5. The highest BCUT2D eigenvalue weighted by molar-refractivity contribution is 5.83. The van der Waals surface area contributed by atoms with Crippen molar-refractivity contribution >= 4 is 11.8 Å². The molecule has 21 heavy (non-hydrogen) atoms. The molecule has 0 bridgehead atoms. The lowest BCUT2D eigenvalue weighted by Gasteiger charge is -2.20. The van der Waals surface area contributed by atoms with Crippen LogP contribution in [0.15, 0.2) is 0 Å². The minimum Gasteiger partial charge on any atom is -0.381 e. The zero-order chi connectivity index (χ0) is 14.6. The summed E-state index contributed by atoms with van der Waals surface area (Å²) in [5.74, 6) is 1.88. The summed E-state index contributed by atoms with van der Waals surface area (Å²) in [5.41, 5.74) is 0. The highest BCUT2D eigenvalue weighted by Crippen LogP contribution is 2.52. The smallest absolute Gasteiger partial charge is 0.226 e. The Morgan fingerprint density at radius 2 is 2.00 bits per heavy atom. The molecule has 3 aliphatic heterocycles. The van der Waals surface area contributed by atoms with Crippen LogP contribution in [0.4, 0.5) is 0 Å². The number of carbonyl (C=O) groups is 2. The monoisotopic (exact) mass is 294 g/mol. The van der Waals surface area contributed by atoms with Crippen molar-refractivity contribution in [3.63, 3.8) is 0 Å². The van der Waals surface area contributed by atoms with E-state index in [0.29, 0.717) is 36.6 Å². The molecule has 1 aliphatic carbocycles. The number of nitrogens with zero attached hydrogens (tertiary/aromatic N) is 1. The van der Waals surface area contributed by atoms with E-state index in [4.69, 9.17) is 9.47 Å². The number of likely N-dealkylation sites (tertiary alicyclic amines) is 1. The molecule has 4 rings (SSSR count). The number of hydrogen-bond acceptors (Lipinski definition) is 4. The summed E-state index contributed by atoms with van der Waals surface area (Å²) in [7, 11) is 1.65. The van der Waals surface area contributed by atoms with Crippen LogP contribution >= 0.6 is 0 Å². The first kappa shape index (κ1) is 13.5. The Labute approximate surface area is 124 Å². The molecule has 4 fully saturated rings. The summed E-state index contributed by atoms with van der Waals surface area (Å²) in [6.45, 7) is 3.01. The molecule has 116 valence electrons. The highest BCUT2D eigenvalue weighted by Gasteiger charge is 2.60. The van der Waals surface area contributed by atoms with Gasteiger partial charge in [-0.25, -0.2) is 0 Å². The Balaban J connectivity index is 1.30. The fraction of sp³-hybridized carbons (Fsp3) is 0.867. The van der Waals surface area contributed by atoms with Crippen LogP contribution in [0.25, 0.3) is 0 Å². The quantitative estimate of drug-likeness (QED) is 0.771. The maximum atomic E-state index is 12.5. The van der Waals surface area contributed by atoms with Gasteiger partial charge in [0.2, 0.25) is 11.8 Å². The van der Waals surface area contributed by atoms with Crippen molar-refractivity contribution in [2.45, 2.75) is 25.0 Å². The lowest BCUT2D eigenvalue weighted by molar-refractivity contribution is -0.134. The largest absolute Gasteiger partial charge is 0.381 e. The molecule has 0 aromatic heterocycles. The van der Waals surface area contributed by atoms with Gasteiger partial charge in [0, 0.05) is 32.0 Å². The molecule has 6 heteroatoms. The van der Waals surface area contributed by atoms with E-state index < -0.39 is 0 Å². The molecule has 1 N–H and O–H groups in total. The molecule has 3 heterocycles. The Bertz CT molecular complexity index is 445. The van der Waals surface area contributed by atoms with Crippen molar-refractivity contribution in [3.8, 4) is 0 Å². The van der Waals surface area contributed by atoms with Gasteiger partial charge in [0.15, 0.2) is 0 Å². The van der Waals surface area contributed by atoms with E-state index in [-0.39, 0.29) is 24.0 Å². The van der Waals surface area contributed by atoms with Crippen molar-refractivity contribution in [1.29, 1.82) is 0 Å². The average molecular weight is 294 g/mol. The molecule has 6 nitrogen and oxygen atoms in total. The molecule has 6 atom stereocenters. The number of amides is 2. The van der Waals surface area contributed by atoms with Gasteiger partial charge in [-0.3, -0.25) is 9.59 Å². The zero-order valence-electron chi connectivity index (χ0n) is 12.3. The first-order valence-corrected chi connectivity index (χ1v) is 7.90. The third-order valence-corrected chi connectivity index (χ3v) is 5.55. The van der Waals surface area contributed by atoms with Crippen LogP contribution in [0.5, 0.6) is 0 Å². The van der Waals surface area contributed by atoms with Gasteiger partial charge < -0.3 is 19.7 Å². The molecule has 2 amide bonds. The summed E-state index contributed by atoms with van der Waals surface area (Å²) in [6, 6.07) is 0. The van der Waals surface area contributed by atoms with Gasteiger partial charge in [-0.1, -0.05) is 0 Å². The summed E-state index contributed by atoms with van der Waals surface area (Å²) >= 11 is 0. The van der Waals surface area contributed by atoms with Crippen LogP contribution in [-0.4, -0.2) is 62.3 Å². The second kappa shape index (κ2) is 4.95. The van der Waals surface area contributed by atoms with Crippen LogP contribution in [0.2, 0.25) is 0 Å². The van der Waals surface area contributed by atoms with E-state index in [0.717, 1.165) is 26.2 Å². The molecule has 4 aliphatic rings. The molecule has 1 unspecified atom stereocenters. The zero-order valence-corrected chi connectivity index (χ0v) is 12.3. The van der Waals surface area contributed by atoms with Crippen molar-refractivity contribution in [2.75, 3.05) is 33.4 Å². The number of fused-ring (bicyclic) bond motifs is 2. The molecule has 1 saturated carbocycles. The van der Waals surface area contributed by atoms with Crippen molar-refractivity contribution in [1.82, 2.24) is 10.2 Å². The third-order valence-electron chi connectivity index (χ3n) is 5.55. The van der Waals surface area contributed by atoms with E-state index in [2.05, 4.69) is 5.32 Å². The van der Waals surface area contributed by atoms with E-state index in [9.17, 15) is 9.59 Å². The number of rotatable bonds is 3. The second-order valence-corrected chi connectivity index (χ2v) is 6.80. The van der Waals surface area contributed by atoms with Crippen LogP contribution in [-0.2, 0) is 19.1 Å². The Kier molecular flexibility index (Phi) is 3.19. The van der Waals surface area contributed by atoms with Crippen LogP contribution < -0.4 is 5.32 Å². The molecular formula is C15H22N2O4. The predicted molar refractivity (Wildman–Crippen MR) is 73.3 cm³/mol. The maximum Gasteiger partial charge on any atom is 0.226 e. The highest BCUT2D eigenvalue weighted by atomic mass is 16.5. The minimum absolute atomic E-state index is 0.0194. The lowest BCUT2D eigenvalue weighted by atomic mass is 10.0. The van der Waals surface area contributed by atoms with E-state index in [1.165, 1.54) is 0 Å². The third kappa shape index (κ3) is 2.25. The fourth-order valence-corrected chi connectivity index (χ4v) is 4.30. The van der Waals surface area contributed by atoms with Gasteiger partial charge in [-0.05, 0) is 18.3 Å². The Morgan fingerprint density at radius 1 is 1.24 bits per heavy atom. The van der Waals surface area contributed by atoms with E-state index in [1.54, 1.807) is 7.05 Å². The molecule has 0 radical (unpaired) electrons. The number of carbonyl (C=O) groups excluding carboxylic acids is 2.